The van der Waals surface area contributed by atoms with E-state index in [0.29, 0.717) is 22.9 Å². The topological polar surface area (TPSA) is 65.2 Å². The van der Waals surface area contributed by atoms with E-state index >= 15 is 0 Å². The number of ketones is 1. The van der Waals surface area contributed by atoms with Crippen LogP contribution in [0.3, 0.4) is 0 Å². The number of anilines is 1. The number of benzene rings is 1. The summed E-state index contributed by atoms with van der Waals surface area (Å²) in [5.74, 6) is -0.253. The fourth-order valence-electron chi connectivity index (χ4n) is 4.02. The van der Waals surface area contributed by atoms with E-state index < -0.39 is 0 Å². The van der Waals surface area contributed by atoms with Gasteiger partial charge in [-0.15, -0.1) is 0 Å². The van der Waals surface area contributed by atoms with Crippen molar-refractivity contribution in [3.63, 3.8) is 0 Å². The summed E-state index contributed by atoms with van der Waals surface area (Å²) in [6.45, 7) is 9.54. The minimum Gasteiger partial charge on any atom is -0.354 e. The number of hydrogen-bond acceptors (Lipinski definition) is 3. The quantitative estimate of drug-likeness (QED) is 0.767. The highest BCUT2D eigenvalue weighted by Gasteiger charge is 2.20. The van der Waals surface area contributed by atoms with Crippen LogP contribution in [0.2, 0.25) is 0 Å². The highest BCUT2D eigenvalue weighted by molar-refractivity contribution is 6.07. The van der Waals surface area contributed by atoms with Gasteiger partial charge in [0.2, 0.25) is 0 Å². The van der Waals surface area contributed by atoms with Crippen molar-refractivity contribution in [3.8, 4) is 0 Å². The van der Waals surface area contributed by atoms with Crippen LogP contribution in [0.15, 0.2) is 24.3 Å². The lowest BCUT2D eigenvalue weighted by Gasteiger charge is -2.33. The lowest BCUT2D eigenvalue weighted by Crippen LogP contribution is -2.36. The number of nitrogens with zero attached hydrogens (tertiary/aromatic N) is 1. The lowest BCUT2D eigenvalue weighted by atomic mass is 10.0. The molecule has 2 heterocycles. The van der Waals surface area contributed by atoms with Crippen LogP contribution in [0.5, 0.6) is 0 Å². The van der Waals surface area contributed by atoms with Crippen molar-refractivity contribution in [3.05, 3.63) is 52.3 Å². The van der Waals surface area contributed by atoms with E-state index in [-0.39, 0.29) is 11.7 Å². The van der Waals surface area contributed by atoms with Crippen molar-refractivity contribution in [2.24, 2.45) is 0 Å². The van der Waals surface area contributed by atoms with E-state index in [0.717, 1.165) is 24.5 Å². The molecule has 0 aliphatic carbocycles. The fourth-order valence-corrected chi connectivity index (χ4v) is 4.02. The molecular formula is C22H29N3O2. The molecule has 2 N–H and O–H groups in total. The van der Waals surface area contributed by atoms with Crippen LogP contribution < -0.4 is 5.32 Å². The Hall–Kier alpha value is -2.40. The van der Waals surface area contributed by atoms with Crippen molar-refractivity contribution >= 4 is 17.4 Å². The van der Waals surface area contributed by atoms with Gasteiger partial charge in [-0.3, -0.25) is 14.5 Å². The SMILES string of the molecule is CC(=O)c1c(C)[nH]c(C(=O)Nc2ccc(CN3CCCCC3C)cc2)c1C. The van der Waals surface area contributed by atoms with Gasteiger partial charge in [0, 0.05) is 29.5 Å². The summed E-state index contributed by atoms with van der Waals surface area (Å²) in [5, 5.41) is 2.92. The molecule has 1 aromatic heterocycles. The number of amides is 1. The molecule has 5 nitrogen and oxygen atoms in total. The first kappa shape index (κ1) is 19.4. The van der Waals surface area contributed by atoms with Crippen molar-refractivity contribution in [2.75, 3.05) is 11.9 Å². The molecule has 1 saturated heterocycles. The monoisotopic (exact) mass is 367 g/mol. The molecule has 0 spiro atoms. The molecular weight excluding hydrogens is 338 g/mol. The average Bonchev–Trinajstić information content (AvgIpc) is 2.93. The van der Waals surface area contributed by atoms with Crippen LogP contribution in [0.1, 0.15) is 70.8 Å². The van der Waals surface area contributed by atoms with Gasteiger partial charge < -0.3 is 10.3 Å². The van der Waals surface area contributed by atoms with Crippen LogP contribution in [0.25, 0.3) is 0 Å². The van der Waals surface area contributed by atoms with Crippen molar-refractivity contribution in [2.45, 2.75) is 59.5 Å². The van der Waals surface area contributed by atoms with Crippen molar-refractivity contribution in [1.82, 2.24) is 9.88 Å². The molecule has 5 heteroatoms. The third kappa shape index (κ3) is 4.30. The predicted molar refractivity (Wildman–Crippen MR) is 108 cm³/mol. The zero-order chi connectivity index (χ0) is 19.6. The third-order valence-corrected chi connectivity index (χ3v) is 5.55. The first-order valence-corrected chi connectivity index (χ1v) is 9.71. The molecule has 1 atom stereocenters. The summed E-state index contributed by atoms with van der Waals surface area (Å²) < 4.78 is 0. The highest BCUT2D eigenvalue weighted by atomic mass is 16.2. The number of likely N-dealkylation sites (tertiary alicyclic amines) is 1. The number of hydrogen-bond donors (Lipinski definition) is 2. The number of carbonyl (C=O) groups excluding carboxylic acids is 2. The second-order valence-corrected chi connectivity index (χ2v) is 7.65. The lowest BCUT2D eigenvalue weighted by molar-refractivity contribution is 0.101. The Morgan fingerprint density at radius 2 is 1.89 bits per heavy atom. The smallest absolute Gasteiger partial charge is 0.272 e. The number of aromatic amines is 1. The van der Waals surface area contributed by atoms with Gasteiger partial charge in [0.15, 0.2) is 5.78 Å². The molecule has 1 aliphatic rings. The Balaban J connectivity index is 1.67. The standard InChI is InChI=1S/C22H29N3O2/c1-14-7-5-6-12-25(14)13-18-8-10-19(11-9-18)24-22(27)21-15(2)20(17(4)26)16(3)23-21/h8-11,14,23H,5-7,12-13H2,1-4H3,(H,24,27). The molecule has 0 saturated carbocycles. The zero-order valence-electron chi connectivity index (χ0n) is 16.7. The van der Waals surface area contributed by atoms with Gasteiger partial charge in [0.25, 0.3) is 5.91 Å². The largest absolute Gasteiger partial charge is 0.354 e. The maximum atomic E-state index is 12.6. The van der Waals surface area contributed by atoms with Gasteiger partial charge in [0.1, 0.15) is 5.69 Å². The fraction of sp³-hybridized carbons (Fsp3) is 0.455. The van der Waals surface area contributed by atoms with E-state index in [4.69, 9.17) is 0 Å². The first-order valence-electron chi connectivity index (χ1n) is 9.71. The number of piperidine rings is 1. The van der Waals surface area contributed by atoms with Gasteiger partial charge in [0.05, 0.1) is 0 Å². The maximum absolute atomic E-state index is 12.6. The average molecular weight is 367 g/mol. The molecule has 1 amide bonds. The van der Waals surface area contributed by atoms with Crippen LogP contribution >= 0.6 is 0 Å². The van der Waals surface area contributed by atoms with E-state index in [9.17, 15) is 9.59 Å². The summed E-state index contributed by atoms with van der Waals surface area (Å²) in [6.07, 6.45) is 3.87. The number of Topliss-reactive ketones (excluding diaryl/α,β-unsaturated/α-hetero) is 1. The minimum absolute atomic E-state index is 0.0309. The van der Waals surface area contributed by atoms with Crippen LogP contribution in [-0.4, -0.2) is 34.2 Å². The van der Waals surface area contributed by atoms with Gasteiger partial charge in [-0.25, -0.2) is 0 Å². The Labute approximate surface area is 161 Å². The van der Waals surface area contributed by atoms with E-state index in [1.807, 2.05) is 19.1 Å². The number of carbonyl (C=O) groups is 2. The normalized spacial score (nSPS) is 17.7. The minimum atomic E-state index is -0.222. The van der Waals surface area contributed by atoms with E-state index in [1.165, 1.54) is 31.7 Å². The molecule has 1 aliphatic heterocycles. The molecule has 144 valence electrons. The highest BCUT2D eigenvalue weighted by Crippen LogP contribution is 2.22. The van der Waals surface area contributed by atoms with Gasteiger partial charge in [-0.05, 0) is 70.3 Å². The molecule has 1 aromatic carbocycles. The van der Waals surface area contributed by atoms with Crippen molar-refractivity contribution in [1.29, 1.82) is 0 Å². The summed E-state index contributed by atoms with van der Waals surface area (Å²) >= 11 is 0. The molecule has 0 radical (unpaired) electrons. The third-order valence-electron chi connectivity index (χ3n) is 5.55. The number of aryl methyl sites for hydroxylation is 1. The Bertz CT molecular complexity index is 836. The molecule has 1 fully saturated rings. The Morgan fingerprint density at radius 1 is 1.19 bits per heavy atom. The maximum Gasteiger partial charge on any atom is 0.272 e. The molecule has 27 heavy (non-hydrogen) atoms. The molecule has 1 unspecified atom stereocenters. The van der Waals surface area contributed by atoms with Crippen molar-refractivity contribution < 1.29 is 9.59 Å². The molecule has 3 rings (SSSR count). The number of H-pyrrole nitrogens is 1. The Kier molecular flexibility index (Phi) is 5.80. The van der Waals surface area contributed by atoms with Crippen LogP contribution in [-0.2, 0) is 6.54 Å². The first-order chi connectivity index (χ1) is 12.9. The summed E-state index contributed by atoms with van der Waals surface area (Å²) in [6, 6.07) is 8.67. The summed E-state index contributed by atoms with van der Waals surface area (Å²) in [7, 11) is 0. The predicted octanol–water partition coefficient (Wildman–Crippen LogP) is 4.46. The molecule has 0 bridgehead atoms. The van der Waals surface area contributed by atoms with Gasteiger partial charge >= 0.3 is 0 Å². The van der Waals surface area contributed by atoms with E-state index in [1.54, 1.807) is 6.92 Å². The second-order valence-electron chi connectivity index (χ2n) is 7.65. The molecule has 2 aromatic rings. The van der Waals surface area contributed by atoms with Crippen LogP contribution in [0, 0.1) is 13.8 Å². The van der Waals surface area contributed by atoms with E-state index in [2.05, 4.69) is 34.3 Å². The number of rotatable bonds is 5. The zero-order valence-corrected chi connectivity index (χ0v) is 16.7. The van der Waals surface area contributed by atoms with Gasteiger partial charge in [-0.1, -0.05) is 18.6 Å². The number of aromatic nitrogens is 1. The second kappa shape index (κ2) is 8.09. The summed E-state index contributed by atoms with van der Waals surface area (Å²) in [5.41, 5.74) is 4.50. The summed E-state index contributed by atoms with van der Waals surface area (Å²) in [4.78, 5) is 29.9. The Morgan fingerprint density at radius 3 is 2.48 bits per heavy atom. The number of nitrogens with one attached hydrogen (secondary N) is 2. The van der Waals surface area contributed by atoms with Gasteiger partial charge in [-0.2, -0.15) is 0 Å². The van der Waals surface area contributed by atoms with Crippen LogP contribution in [0.4, 0.5) is 5.69 Å².